The van der Waals surface area contributed by atoms with E-state index < -0.39 is 10.1 Å². The lowest BCUT2D eigenvalue weighted by Crippen LogP contribution is -2.48. The van der Waals surface area contributed by atoms with Gasteiger partial charge in [0, 0.05) is 6.54 Å². The van der Waals surface area contributed by atoms with Crippen molar-refractivity contribution in [2.45, 2.75) is 18.0 Å². The summed E-state index contributed by atoms with van der Waals surface area (Å²) < 4.78 is 29.6. The lowest BCUT2D eigenvalue weighted by Gasteiger charge is -2.08. The highest BCUT2D eigenvalue weighted by atomic mass is 32.2. The van der Waals surface area contributed by atoms with Crippen LogP contribution in [0.5, 0.6) is 0 Å². The number of hydrogen-bond donors (Lipinski definition) is 6. The van der Waals surface area contributed by atoms with E-state index in [-0.39, 0.29) is 17.7 Å². The van der Waals surface area contributed by atoms with Gasteiger partial charge < -0.3 is 16.2 Å². The Balaban J connectivity index is 0.000000220. The van der Waals surface area contributed by atoms with Crippen molar-refractivity contribution in [3.63, 3.8) is 0 Å². The number of aryl methyl sites for hydroxylation is 1. The van der Waals surface area contributed by atoms with Crippen LogP contribution in [0.2, 0.25) is 0 Å². The largest absolute Gasteiger partial charge is 0.395 e. The summed E-state index contributed by atoms with van der Waals surface area (Å²) in [7, 11) is -4.02. The predicted molar refractivity (Wildman–Crippen MR) is 82.6 cm³/mol. The molecule has 0 saturated carbocycles. The van der Waals surface area contributed by atoms with Crippen LogP contribution in [0.25, 0.3) is 0 Å². The molecule has 124 valence electrons. The number of nitrogens with two attached hydrogens (primary N) is 1. The number of aliphatic hydroxyl groups is 1. The maximum absolute atomic E-state index is 10.5. The summed E-state index contributed by atoms with van der Waals surface area (Å²) in [6, 6.07) is 5.99. The first-order valence-electron chi connectivity index (χ1n) is 6.53. The summed E-state index contributed by atoms with van der Waals surface area (Å²) in [6.45, 7) is 3.00. The molecule has 1 heterocycles. The van der Waals surface area contributed by atoms with E-state index in [1.165, 1.54) is 12.1 Å². The molecule has 1 unspecified atom stereocenters. The maximum atomic E-state index is 10.5. The Labute approximate surface area is 129 Å². The normalized spacial score (nSPS) is 17.1. The first-order chi connectivity index (χ1) is 10.3. The quantitative estimate of drug-likeness (QED) is 0.223. The molecule has 0 spiro atoms. The van der Waals surface area contributed by atoms with E-state index in [0.29, 0.717) is 19.0 Å². The summed E-state index contributed by atoms with van der Waals surface area (Å²) in [5.41, 5.74) is 12.0. The Morgan fingerprint density at radius 3 is 2.50 bits per heavy atom. The molecule has 9 nitrogen and oxygen atoms in total. The van der Waals surface area contributed by atoms with Crippen LogP contribution >= 0.6 is 0 Å². The van der Waals surface area contributed by atoms with E-state index in [9.17, 15) is 8.42 Å². The molecule has 1 aliphatic rings. The van der Waals surface area contributed by atoms with E-state index in [1.807, 2.05) is 6.92 Å². The Bertz CT molecular complexity index is 588. The SMILES string of the molecule is Cc1ccc(S(=O)(=O)O)cc1.NC1CN=C(NNCCO)N1. The van der Waals surface area contributed by atoms with E-state index in [2.05, 4.69) is 21.2 Å². The van der Waals surface area contributed by atoms with Gasteiger partial charge in [0.05, 0.1) is 24.2 Å². The zero-order chi connectivity index (χ0) is 16.6. The Morgan fingerprint density at radius 2 is 2.05 bits per heavy atom. The summed E-state index contributed by atoms with van der Waals surface area (Å²) in [6.07, 6.45) is -0.0894. The molecular weight excluding hydrogens is 310 g/mol. The number of nitrogens with one attached hydrogen (secondary N) is 3. The van der Waals surface area contributed by atoms with Gasteiger partial charge in [0.25, 0.3) is 10.1 Å². The molecule has 1 aromatic rings. The van der Waals surface area contributed by atoms with Crippen LogP contribution in [0.3, 0.4) is 0 Å². The summed E-state index contributed by atoms with van der Waals surface area (Å²) >= 11 is 0. The first kappa shape index (κ1) is 18.3. The average molecular weight is 331 g/mol. The van der Waals surface area contributed by atoms with Crippen molar-refractivity contribution in [1.82, 2.24) is 16.2 Å². The number of rotatable bonds is 4. The van der Waals surface area contributed by atoms with Crippen molar-refractivity contribution in [2.75, 3.05) is 19.7 Å². The Kier molecular flexibility index (Phi) is 7.21. The topological polar surface area (TPSA) is 149 Å². The molecule has 0 amide bonds. The zero-order valence-electron chi connectivity index (χ0n) is 12.2. The number of benzene rings is 1. The number of hydrogen-bond acceptors (Lipinski definition) is 8. The van der Waals surface area contributed by atoms with E-state index >= 15 is 0 Å². The lowest BCUT2D eigenvalue weighted by molar-refractivity contribution is 0.289. The van der Waals surface area contributed by atoms with Crippen LogP contribution in [0.1, 0.15) is 5.56 Å². The number of aliphatic imine (C=N–C) groups is 1. The molecule has 7 N–H and O–H groups in total. The molecule has 10 heteroatoms. The fourth-order valence-electron chi connectivity index (χ4n) is 1.44. The molecule has 1 aromatic carbocycles. The molecular formula is C12H21N5O4S. The molecule has 0 fully saturated rings. The summed E-state index contributed by atoms with van der Waals surface area (Å²) in [5.74, 6) is 0.631. The molecule has 0 saturated heterocycles. The highest BCUT2D eigenvalue weighted by Gasteiger charge is 2.11. The van der Waals surface area contributed by atoms with Crippen molar-refractivity contribution in [3.05, 3.63) is 29.8 Å². The second-order valence-corrected chi connectivity index (χ2v) is 5.93. The van der Waals surface area contributed by atoms with Crippen molar-refractivity contribution in [1.29, 1.82) is 0 Å². The number of guanidine groups is 1. The van der Waals surface area contributed by atoms with E-state index in [4.69, 9.17) is 15.4 Å². The van der Waals surface area contributed by atoms with Gasteiger partial charge in [0.1, 0.15) is 0 Å². The highest BCUT2D eigenvalue weighted by molar-refractivity contribution is 7.85. The van der Waals surface area contributed by atoms with Gasteiger partial charge in [-0.3, -0.25) is 9.98 Å². The minimum absolute atomic E-state index is 0.0666. The fraction of sp³-hybridized carbons (Fsp3) is 0.417. The standard InChI is InChI=1S/C7H8O3S.C5H13N5O/c1-6-2-4-7(5-3-6)11(8,9)10;6-4-3-7-5(9-4)10-8-1-2-11/h2-5H,1H3,(H,8,9,10);4,8,11H,1-3,6H2,(H2,7,9,10). The second-order valence-electron chi connectivity index (χ2n) is 4.50. The minimum Gasteiger partial charge on any atom is -0.395 e. The van der Waals surface area contributed by atoms with Crippen molar-refractivity contribution < 1.29 is 18.1 Å². The van der Waals surface area contributed by atoms with Crippen LogP contribution in [0.15, 0.2) is 34.2 Å². The van der Waals surface area contributed by atoms with Gasteiger partial charge in [-0.2, -0.15) is 8.42 Å². The molecule has 0 bridgehead atoms. The van der Waals surface area contributed by atoms with Gasteiger partial charge in [-0.05, 0) is 19.1 Å². The number of nitrogens with zero attached hydrogens (tertiary/aromatic N) is 1. The first-order valence-corrected chi connectivity index (χ1v) is 7.97. The highest BCUT2D eigenvalue weighted by Crippen LogP contribution is 2.08. The monoisotopic (exact) mass is 331 g/mol. The van der Waals surface area contributed by atoms with Gasteiger partial charge in [-0.15, -0.1) is 0 Å². The van der Waals surface area contributed by atoms with Gasteiger partial charge >= 0.3 is 0 Å². The second kappa shape index (κ2) is 8.66. The van der Waals surface area contributed by atoms with Crippen LogP contribution in [0, 0.1) is 6.92 Å². The summed E-state index contributed by atoms with van der Waals surface area (Å²) in [4.78, 5) is 3.95. The number of hydrazine groups is 1. The van der Waals surface area contributed by atoms with Crippen LogP contribution in [-0.2, 0) is 10.1 Å². The molecule has 0 aromatic heterocycles. The number of aliphatic hydroxyl groups excluding tert-OH is 1. The van der Waals surface area contributed by atoms with E-state index in [1.54, 1.807) is 12.1 Å². The Morgan fingerprint density at radius 1 is 1.41 bits per heavy atom. The van der Waals surface area contributed by atoms with Crippen LogP contribution in [-0.4, -0.2) is 49.9 Å². The van der Waals surface area contributed by atoms with Crippen molar-refractivity contribution >= 4 is 16.1 Å². The minimum atomic E-state index is -4.02. The molecule has 0 aliphatic carbocycles. The third-order valence-corrected chi connectivity index (χ3v) is 3.40. The van der Waals surface area contributed by atoms with Gasteiger partial charge in [-0.25, -0.2) is 10.4 Å². The van der Waals surface area contributed by atoms with Gasteiger partial charge in [-0.1, -0.05) is 17.7 Å². The van der Waals surface area contributed by atoms with Gasteiger partial charge in [0.15, 0.2) is 0 Å². The van der Waals surface area contributed by atoms with Crippen molar-refractivity contribution in [2.24, 2.45) is 10.7 Å². The lowest BCUT2D eigenvalue weighted by atomic mass is 10.2. The molecule has 2 rings (SSSR count). The third kappa shape index (κ3) is 6.83. The molecule has 1 atom stereocenters. The smallest absolute Gasteiger partial charge is 0.294 e. The van der Waals surface area contributed by atoms with E-state index in [0.717, 1.165) is 5.56 Å². The zero-order valence-corrected chi connectivity index (χ0v) is 13.0. The summed E-state index contributed by atoms with van der Waals surface area (Å²) in [5, 5.41) is 11.3. The third-order valence-electron chi connectivity index (χ3n) is 2.53. The fourth-order valence-corrected chi connectivity index (χ4v) is 1.92. The predicted octanol–water partition coefficient (Wildman–Crippen LogP) is -1.44. The molecule has 0 radical (unpaired) electrons. The molecule has 22 heavy (non-hydrogen) atoms. The average Bonchev–Trinajstić information content (AvgIpc) is 2.85. The molecule has 1 aliphatic heterocycles. The van der Waals surface area contributed by atoms with Crippen LogP contribution in [0.4, 0.5) is 0 Å². The Hall–Kier alpha value is -1.72. The van der Waals surface area contributed by atoms with Crippen molar-refractivity contribution in [3.8, 4) is 0 Å². The van der Waals surface area contributed by atoms with Crippen LogP contribution < -0.4 is 21.9 Å². The maximum Gasteiger partial charge on any atom is 0.294 e. The van der Waals surface area contributed by atoms with Gasteiger partial charge in [0.2, 0.25) is 5.96 Å².